The smallest absolute Gasteiger partial charge is 0.303 e. The molecule has 1 atom stereocenters. The van der Waals surface area contributed by atoms with Gasteiger partial charge in [0.2, 0.25) is 0 Å². The first-order valence-corrected chi connectivity index (χ1v) is 5.64. The van der Waals surface area contributed by atoms with Crippen LogP contribution in [0.2, 0.25) is 0 Å². The number of carboxylic acids is 1. The lowest BCUT2D eigenvalue weighted by Crippen LogP contribution is -2.05. The molecule has 0 saturated carbocycles. The number of carboxylic acid groups (broad SMARTS) is 1. The Kier molecular flexibility index (Phi) is 2.88. The maximum atomic E-state index is 10.8. The van der Waals surface area contributed by atoms with Crippen molar-refractivity contribution in [2.75, 3.05) is 0 Å². The summed E-state index contributed by atoms with van der Waals surface area (Å²) in [5.74, 6) is -0.778. The number of aromatic nitrogens is 2. The van der Waals surface area contributed by atoms with Crippen molar-refractivity contribution in [3.8, 4) is 0 Å². The largest absolute Gasteiger partial charge is 0.481 e. The molecule has 0 spiro atoms. The van der Waals surface area contributed by atoms with Crippen LogP contribution < -0.4 is 0 Å². The van der Waals surface area contributed by atoms with Crippen LogP contribution in [0.5, 0.6) is 0 Å². The predicted molar refractivity (Wildman–Crippen MR) is 66.1 cm³/mol. The maximum absolute atomic E-state index is 10.8. The second kappa shape index (κ2) is 4.20. The Hall–Kier alpha value is -1.84. The number of aliphatic carboxylic acids is 1. The summed E-state index contributed by atoms with van der Waals surface area (Å²) in [6.07, 6.45) is 0.142. The highest BCUT2D eigenvalue weighted by Gasteiger charge is 2.16. The second-order valence-electron chi connectivity index (χ2n) is 4.45. The number of benzene rings is 1. The van der Waals surface area contributed by atoms with E-state index in [4.69, 9.17) is 5.11 Å². The fraction of sp³-hybridized carbons (Fsp3) is 0.385. The summed E-state index contributed by atoms with van der Waals surface area (Å²) < 4.78 is 1.83. The molecule has 1 N–H and O–H groups in total. The van der Waals surface area contributed by atoms with Gasteiger partial charge in [-0.3, -0.25) is 9.48 Å². The van der Waals surface area contributed by atoms with Crippen LogP contribution in [0, 0.1) is 6.92 Å². The Morgan fingerprint density at radius 3 is 2.88 bits per heavy atom. The lowest BCUT2D eigenvalue weighted by Gasteiger charge is -2.11. The van der Waals surface area contributed by atoms with Gasteiger partial charge < -0.3 is 5.11 Å². The van der Waals surface area contributed by atoms with E-state index in [0.29, 0.717) is 0 Å². The SMILES string of the molecule is Cc1nn(C)c2c(C(C)CC(=O)O)cccc12. The second-order valence-corrected chi connectivity index (χ2v) is 4.45. The van der Waals surface area contributed by atoms with E-state index < -0.39 is 5.97 Å². The van der Waals surface area contributed by atoms with Crippen LogP contribution in [0.3, 0.4) is 0 Å². The van der Waals surface area contributed by atoms with Gasteiger partial charge in [0.05, 0.1) is 17.6 Å². The topological polar surface area (TPSA) is 55.1 Å². The molecule has 1 heterocycles. The lowest BCUT2D eigenvalue weighted by atomic mass is 9.95. The summed E-state index contributed by atoms with van der Waals surface area (Å²) in [5.41, 5.74) is 3.07. The third-order valence-corrected chi connectivity index (χ3v) is 3.09. The quantitative estimate of drug-likeness (QED) is 0.884. The molecule has 1 unspecified atom stereocenters. The highest BCUT2D eigenvalue weighted by molar-refractivity contribution is 5.85. The number of nitrogens with zero attached hydrogens (tertiary/aromatic N) is 2. The molecule has 0 saturated heterocycles. The lowest BCUT2D eigenvalue weighted by molar-refractivity contribution is -0.137. The molecule has 0 radical (unpaired) electrons. The zero-order valence-electron chi connectivity index (χ0n) is 10.3. The van der Waals surface area contributed by atoms with Crippen molar-refractivity contribution in [3.05, 3.63) is 29.5 Å². The average Bonchev–Trinajstić information content (AvgIpc) is 2.54. The van der Waals surface area contributed by atoms with Crippen molar-refractivity contribution in [3.63, 3.8) is 0 Å². The Labute approximate surface area is 99.9 Å². The van der Waals surface area contributed by atoms with E-state index in [1.54, 1.807) is 0 Å². The van der Waals surface area contributed by atoms with Crippen LogP contribution in [0.15, 0.2) is 18.2 Å². The summed E-state index contributed by atoms with van der Waals surface area (Å²) >= 11 is 0. The van der Waals surface area contributed by atoms with Crippen LogP contribution >= 0.6 is 0 Å². The van der Waals surface area contributed by atoms with Gasteiger partial charge in [0.25, 0.3) is 0 Å². The molecule has 0 aliphatic carbocycles. The van der Waals surface area contributed by atoms with E-state index in [1.165, 1.54) is 0 Å². The van der Waals surface area contributed by atoms with Crippen molar-refractivity contribution in [1.29, 1.82) is 0 Å². The van der Waals surface area contributed by atoms with Gasteiger partial charge >= 0.3 is 5.97 Å². The summed E-state index contributed by atoms with van der Waals surface area (Å²) in [6.45, 7) is 3.90. The zero-order chi connectivity index (χ0) is 12.6. The Morgan fingerprint density at radius 1 is 1.53 bits per heavy atom. The molecule has 2 aromatic rings. The molecule has 2 rings (SSSR count). The molecule has 4 heteroatoms. The molecular weight excluding hydrogens is 216 g/mol. The normalized spacial score (nSPS) is 12.9. The first-order chi connectivity index (χ1) is 8.00. The minimum Gasteiger partial charge on any atom is -0.481 e. The maximum Gasteiger partial charge on any atom is 0.303 e. The van der Waals surface area contributed by atoms with E-state index in [2.05, 4.69) is 5.10 Å². The van der Waals surface area contributed by atoms with Crippen molar-refractivity contribution in [2.24, 2.45) is 7.05 Å². The standard InChI is InChI=1S/C13H16N2O2/c1-8(7-12(16)17)10-5-4-6-11-9(2)14-15(3)13(10)11/h4-6,8H,7H2,1-3H3,(H,16,17). The Balaban J connectivity index is 2.57. The Morgan fingerprint density at radius 2 is 2.24 bits per heavy atom. The van der Waals surface area contributed by atoms with Crippen molar-refractivity contribution >= 4 is 16.9 Å². The molecular formula is C13H16N2O2. The van der Waals surface area contributed by atoms with Crippen LogP contribution in [0.25, 0.3) is 10.9 Å². The van der Waals surface area contributed by atoms with E-state index in [-0.39, 0.29) is 12.3 Å². The third kappa shape index (κ3) is 2.02. The van der Waals surface area contributed by atoms with Gasteiger partial charge in [0, 0.05) is 12.4 Å². The summed E-state index contributed by atoms with van der Waals surface area (Å²) in [5, 5.41) is 14.4. The van der Waals surface area contributed by atoms with Gasteiger partial charge in [-0.25, -0.2) is 0 Å². The number of hydrogen-bond donors (Lipinski definition) is 1. The van der Waals surface area contributed by atoms with Gasteiger partial charge in [0.15, 0.2) is 0 Å². The van der Waals surface area contributed by atoms with Crippen LogP contribution in [0.4, 0.5) is 0 Å². The molecule has 90 valence electrons. The number of rotatable bonds is 3. The highest BCUT2D eigenvalue weighted by Crippen LogP contribution is 2.28. The number of hydrogen-bond acceptors (Lipinski definition) is 2. The number of fused-ring (bicyclic) bond motifs is 1. The first kappa shape index (κ1) is 11.6. The highest BCUT2D eigenvalue weighted by atomic mass is 16.4. The molecule has 4 nitrogen and oxygen atoms in total. The number of aryl methyl sites for hydroxylation is 2. The summed E-state index contributed by atoms with van der Waals surface area (Å²) in [4.78, 5) is 10.8. The molecule has 0 aliphatic rings. The zero-order valence-corrected chi connectivity index (χ0v) is 10.3. The predicted octanol–water partition coefficient (Wildman–Crippen LogP) is 2.46. The van der Waals surface area contributed by atoms with Gasteiger partial charge in [-0.1, -0.05) is 25.1 Å². The third-order valence-electron chi connectivity index (χ3n) is 3.09. The number of carbonyl (C=O) groups is 1. The van der Waals surface area contributed by atoms with Crippen molar-refractivity contribution in [2.45, 2.75) is 26.2 Å². The molecule has 0 fully saturated rings. The van der Waals surface area contributed by atoms with Crippen LogP contribution in [0.1, 0.15) is 30.5 Å². The fourth-order valence-corrected chi connectivity index (χ4v) is 2.31. The molecule has 1 aromatic carbocycles. The van der Waals surface area contributed by atoms with Crippen molar-refractivity contribution < 1.29 is 9.90 Å². The summed E-state index contributed by atoms with van der Waals surface area (Å²) in [6, 6.07) is 5.97. The van der Waals surface area contributed by atoms with Crippen molar-refractivity contribution in [1.82, 2.24) is 9.78 Å². The minimum atomic E-state index is -0.770. The molecule has 17 heavy (non-hydrogen) atoms. The van der Waals surface area contributed by atoms with Gasteiger partial charge in [-0.15, -0.1) is 0 Å². The fourth-order valence-electron chi connectivity index (χ4n) is 2.31. The minimum absolute atomic E-state index is 0.00833. The van der Waals surface area contributed by atoms with Gasteiger partial charge in [-0.2, -0.15) is 5.10 Å². The average molecular weight is 232 g/mol. The Bertz CT molecular complexity index is 572. The van der Waals surface area contributed by atoms with Crippen LogP contribution in [-0.2, 0) is 11.8 Å². The molecule has 1 aromatic heterocycles. The molecule has 0 amide bonds. The molecule has 0 bridgehead atoms. The van der Waals surface area contributed by atoms with Crippen LogP contribution in [-0.4, -0.2) is 20.9 Å². The summed E-state index contributed by atoms with van der Waals surface area (Å²) in [7, 11) is 1.90. The number of para-hydroxylation sites is 1. The van der Waals surface area contributed by atoms with E-state index >= 15 is 0 Å². The van der Waals surface area contributed by atoms with Gasteiger partial charge in [0.1, 0.15) is 0 Å². The van der Waals surface area contributed by atoms with Gasteiger partial charge in [-0.05, 0) is 18.4 Å². The van der Waals surface area contributed by atoms with E-state index in [0.717, 1.165) is 22.2 Å². The van der Waals surface area contributed by atoms with E-state index in [1.807, 2.05) is 43.8 Å². The first-order valence-electron chi connectivity index (χ1n) is 5.64. The molecule has 0 aliphatic heterocycles. The monoisotopic (exact) mass is 232 g/mol. The van der Waals surface area contributed by atoms with E-state index in [9.17, 15) is 4.79 Å².